The van der Waals surface area contributed by atoms with Crippen molar-refractivity contribution >= 4 is 12.1 Å². The standard InChI is InChI=1S/C17H18N2O4/c1-12-5-3-4-6-16(12)23-11-17(21)19-18-10-13-9-14(22-2)7-8-15(13)20/h3-10,20H,11H2,1-2H3,(H,19,21)/b18-10-. The van der Waals surface area contributed by atoms with Gasteiger partial charge in [-0.15, -0.1) is 0 Å². The van der Waals surface area contributed by atoms with Gasteiger partial charge in [0.25, 0.3) is 5.91 Å². The number of rotatable bonds is 6. The van der Waals surface area contributed by atoms with Crippen molar-refractivity contribution in [1.29, 1.82) is 0 Å². The highest BCUT2D eigenvalue weighted by molar-refractivity contribution is 5.85. The molecule has 2 N–H and O–H groups in total. The van der Waals surface area contributed by atoms with Gasteiger partial charge in [-0.3, -0.25) is 4.79 Å². The van der Waals surface area contributed by atoms with Gasteiger partial charge in [0.05, 0.1) is 13.3 Å². The molecular weight excluding hydrogens is 296 g/mol. The van der Waals surface area contributed by atoms with E-state index in [2.05, 4.69) is 10.5 Å². The average molecular weight is 314 g/mol. The number of aromatic hydroxyl groups is 1. The zero-order valence-corrected chi connectivity index (χ0v) is 12.9. The number of benzene rings is 2. The van der Waals surface area contributed by atoms with Gasteiger partial charge in [0.2, 0.25) is 0 Å². The molecule has 0 saturated carbocycles. The molecule has 23 heavy (non-hydrogen) atoms. The SMILES string of the molecule is COc1ccc(O)c(/C=N\NC(=O)COc2ccccc2C)c1. The Morgan fingerprint density at radius 2 is 2.09 bits per heavy atom. The Hall–Kier alpha value is -3.02. The largest absolute Gasteiger partial charge is 0.507 e. The summed E-state index contributed by atoms with van der Waals surface area (Å²) < 4.78 is 10.5. The van der Waals surface area contributed by atoms with Crippen LogP contribution in [0.3, 0.4) is 0 Å². The zero-order valence-electron chi connectivity index (χ0n) is 12.9. The molecule has 6 heteroatoms. The average Bonchev–Trinajstić information content (AvgIpc) is 2.56. The fourth-order valence-electron chi connectivity index (χ4n) is 1.83. The second kappa shape index (κ2) is 7.84. The van der Waals surface area contributed by atoms with Crippen molar-refractivity contribution in [1.82, 2.24) is 5.43 Å². The van der Waals surface area contributed by atoms with Crippen molar-refractivity contribution < 1.29 is 19.4 Å². The number of carbonyl (C=O) groups excluding carboxylic acids is 1. The molecule has 0 aliphatic heterocycles. The number of ether oxygens (including phenoxy) is 2. The Labute approximate surface area is 134 Å². The lowest BCUT2D eigenvalue weighted by atomic mass is 10.2. The number of hydrogen-bond donors (Lipinski definition) is 2. The van der Waals surface area contributed by atoms with Crippen LogP contribution in [0.4, 0.5) is 0 Å². The number of para-hydroxylation sites is 1. The number of hydrazone groups is 1. The number of aryl methyl sites for hydroxylation is 1. The van der Waals surface area contributed by atoms with E-state index in [1.165, 1.54) is 19.4 Å². The molecule has 120 valence electrons. The van der Waals surface area contributed by atoms with E-state index in [0.717, 1.165) is 5.56 Å². The van der Waals surface area contributed by atoms with Crippen molar-refractivity contribution in [2.75, 3.05) is 13.7 Å². The van der Waals surface area contributed by atoms with E-state index in [9.17, 15) is 9.90 Å². The third-order valence-electron chi connectivity index (χ3n) is 3.08. The Morgan fingerprint density at radius 1 is 1.30 bits per heavy atom. The Bertz CT molecular complexity index is 713. The molecule has 2 rings (SSSR count). The third kappa shape index (κ3) is 4.74. The number of nitrogens with one attached hydrogen (secondary N) is 1. The molecule has 1 amide bonds. The van der Waals surface area contributed by atoms with E-state index >= 15 is 0 Å². The van der Waals surface area contributed by atoms with Gasteiger partial charge in [-0.1, -0.05) is 18.2 Å². The van der Waals surface area contributed by atoms with E-state index in [-0.39, 0.29) is 12.4 Å². The van der Waals surface area contributed by atoms with Gasteiger partial charge in [-0.05, 0) is 36.8 Å². The molecule has 0 atom stereocenters. The smallest absolute Gasteiger partial charge is 0.277 e. The van der Waals surface area contributed by atoms with Crippen LogP contribution in [-0.2, 0) is 4.79 Å². The van der Waals surface area contributed by atoms with E-state index in [1.807, 2.05) is 25.1 Å². The molecule has 0 aliphatic carbocycles. The number of methoxy groups -OCH3 is 1. The van der Waals surface area contributed by atoms with Crippen molar-refractivity contribution in [2.45, 2.75) is 6.92 Å². The Balaban J connectivity index is 1.88. The van der Waals surface area contributed by atoms with Gasteiger partial charge in [-0.25, -0.2) is 5.43 Å². The van der Waals surface area contributed by atoms with Crippen LogP contribution >= 0.6 is 0 Å². The van der Waals surface area contributed by atoms with Crippen LogP contribution in [0.5, 0.6) is 17.2 Å². The Morgan fingerprint density at radius 3 is 2.83 bits per heavy atom. The molecule has 0 saturated heterocycles. The second-order valence-electron chi connectivity index (χ2n) is 4.77. The molecule has 2 aromatic rings. The van der Waals surface area contributed by atoms with Crippen LogP contribution in [0, 0.1) is 6.92 Å². The van der Waals surface area contributed by atoms with Gasteiger partial charge in [-0.2, -0.15) is 5.10 Å². The summed E-state index contributed by atoms with van der Waals surface area (Å²) in [7, 11) is 1.53. The lowest BCUT2D eigenvalue weighted by Gasteiger charge is -2.07. The van der Waals surface area contributed by atoms with Gasteiger partial charge in [0, 0.05) is 5.56 Å². The number of phenols is 1. The van der Waals surface area contributed by atoms with E-state index in [0.29, 0.717) is 17.1 Å². The first-order chi connectivity index (χ1) is 11.1. The molecule has 6 nitrogen and oxygen atoms in total. The van der Waals surface area contributed by atoms with Crippen molar-refractivity contribution in [3.8, 4) is 17.2 Å². The topological polar surface area (TPSA) is 80.2 Å². The number of amides is 1. The van der Waals surface area contributed by atoms with Gasteiger partial charge < -0.3 is 14.6 Å². The molecule has 0 unspecified atom stereocenters. The predicted molar refractivity (Wildman–Crippen MR) is 87.1 cm³/mol. The van der Waals surface area contributed by atoms with E-state index in [4.69, 9.17) is 9.47 Å². The lowest BCUT2D eigenvalue weighted by molar-refractivity contribution is -0.123. The third-order valence-corrected chi connectivity index (χ3v) is 3.08. The molecule has 0 aromatic heterocycles. The second-order valence-corrected chi connectivity index (χ2v) is 4.77. The number of carbonyl (C=O) groups is 1. The molecular formula is C17H18N2O4. The summed E-state index contributed by atoms with van der Waals surface area (Å²) >= 11 is 0. The van der Waals surface area contributed by atoms with Crippen molar-refractivity contribution in [3.05, 3.63) is 53.6 Å². The van der Waals surface area contributed by atoms with Crippen molar-refractivity contribution in [3.63, 3.8) is 0 Å². The first-order valence-corrected chi connectivity index (χ1v) is 6.97. The van der Waals surface area contributed by atoms with Crippen LogP contribution in [-0.4, -0.2) is 30.9 Å². The summed E-state index contributed by atoms with van der Waals surface area (Å²) in [4.78, 5) is 11.7. The maximum atomic E-state index is 11.7. The number of hydrogen-bond acceptors (Lipinski definition) is 5. The normalized spacial score (nSPS) is 10.5. The molecule has 0 spiro atoms. The first-order valence-electron chi connectivity index (χ1n) is 6.97. The minimum atomic E-state index is -0.396. The maximum Gasteiger partial charge on any atom is 0.277 e. The monoisotopic (exact) mass is 314 g/mol. The van der Waals surface area contributed by atoms with Crippen LogP contribution in [0.1, 0.15) is 11.1 Å². The van der Waals surface area contributed by atoms with Gasteiger partial charge >= 0.3 is 0 Å². The Kier molecular flexibility index (Phi) is 5.57. The quantitative estimate of drug-likeness (QED) is 0.633. The fraction of sp³-hybridized carbons (Fsp3) is 0.176. The van der Waals surface area contributed by atoms with Gasteiger partial charge in [0.1, 0.15) is 17.2 Å². The van der Waals surface area contributed by atoms with Crippen LogP contribution in [0.2, 0.25) is 0 Å². The summed E-state index contributed by atoms with van der Waals surface area (Å²) in [6.07, 6.45) is 1.34. The minimum Gasteiger partial charge on any atom is -0.507 e. The maximum absolute atomic E-state index is 11.7. The molecule has 0 bridgehead atoms. The molecule has 2 aromatic carbocycles. The minimum absolute atomic E-state index is 0.0416. The molecule has 0 heterocycles. The highest BCUT2D eigenvalue weighted by atomic mass is 16.5. The summed E-state index contributed by atoms with van der Waals surface area (Å²) in [5.74, 6) is 0.877. The van der Waals surface area contributed by atoms with E-state index in [1.54, 1.807) is 18.2 Å². The fourth-order valence-corrected chi connectivity index (χ4v) is 1.83. The summed E-state index contributed by atoms with van der Waals surface area (Å²) in [5.41, 5.74) is 3.72. The summed E-state index contributed by atoms with van der Waals surface area (Å²) in [6, 6.07) is 12.1. The summed E-state index contributed by atoms with van der Waals surface area (Å²) in [6.45, 7) is 1.75. The van der Waals surface area contributed by atoms with Crippen LogP contribution in [0.25, 0.3) is 0 Å². The molecule has 0 aliphatic rings. The lowest BCUT2D eigenvalue weighted by Crippen LogP contribution is -2.24. The zero-order chi connectivity index (χ0) is 16.7. The number of phenolic OH excluding ortho intramolecular Hbond substituents is 1. The van der Waals surface area contributed by atoms with Gasteiger partial charge in [0.15, 0.2) is 6.61 Å². The van der Waals surface area contributed by atoms with Crippen molar-refractivity contribution in [2.24, 2.45) is 5.10 Å². The summed E-state index contributed by atoms with van der Waals surface area (Å²) in [5, 5.41) is 13.5. The number of nitrogens with zero attached hydrogens (tertiary/aromatic N) is 1. The highest BCUT2D eigenvalue weighted by Gasteiger charge is 2.04. The first kappa shape index (κ1) is 16.4. The predicted octanol–water partition coefficient (Wildman–Crippen LogP) is 2.24. The van der Waals surface area contributed by atoms with E-state index < -0.39 is 5.91 Å². The molecule has 0 radical (unpaired) electrons. The van der Waals surface area contributed by atoms with Crippen LogP contribution < -0.4 is 14.9 Å². The highest BCUT2D eigenvalue weighted by Crippen LogP contribution is 2.21. The van der Waals surface area contributed by atoms with Crippen LogP contribution in [0.15, 0.2) is 47.6 Å². The molecule has 0 fully saturated rings.